The van der Waals surface area contributed by atoms with Gasteiger partial charge in [-0.15, -0.1) is 5.10 Å². The molecule has 1 aromatic carbocycles. The lowest BCUT2D eigenvalue weighted by molar-refractivity contribution is 0.112. The molecule has 0 atom stereocenters. The monoisotopic (exact) mass is 319 g/mol. The second-order valence-electron chi connectivity index (χ2n) is 5.33. The Labute approximate surface area is 140 Å². The molecule has 2 heterocycles. The molecule has 5 nitrogen and oxygen atoms in total. The first-order valence-electron chi connectivity index (χ1n) is 7.73. The number of pyridine rings is 1. The van der Waals surface area contributed by atoms with Crippen LogP contribution >= 0.6 is 0 Å². The Morgan fingerprint density at radius 1 is 0.875 bits per heavy atom. The zero-order valence-corrected chi connectivity index (χ0v) is 13.1. The molecule has 3 aromatic rings. The second kappa shape index (κ2) is 7.97. The van der Waals surface area contributed by atoms with Crippen LogP contribution < -0.4 is 4.74 Å². The van der Waals surface area contributed by atoms with Crippen molar-refractivity contribution in [3.05, 3.63) is 83.3 Å². The fourth-order valence-corrected chi connectivity index (χ4v) is 2.22. The number of aldehydes is 1. The number of carbonyl (C=O) groups excluding carboxylic acids is 1. The molecule has 0 amide bonds. The van der Waals surface area contributed by atoms with E-state index in [-0.39, 0.29) is 0 Å². The topological polar surface area (TPSA) is 65.0 Å². The maximum atomic E-state index is 10.6. The third kappa shape index (κ3) is 4.46. The van der Waals surface area contributed by atoms with Crippen molar-refractivity contribution in [2.75, 3.05) is 0 Å². The Kier molecular flexibility index (Phi) is 5.24. The van der Waals surface area contributed by atoms with Gasteiger partial charge >= 0.3 is 0 Å². The summed E-state index contributed by atoms with van der Waals surface area (Å²) in [6.07, 6.45) is 4.21. The van der Waals surface area contributed by atoms with E-state index < -0.39 is 0 Å². The van der Waals surface area contributed by atoms with Gasteiger partial charge in [-0.2, -0.15) is 5.10 Å². The van der Waals surface area contributed by atoms with Crippen LogP contribution in [0.4, 0.5) is 0 Å². The van der Waals surface area contributed by atoms with Crippen LogP contribution in [0.2, 0.25) is 0 Å². The van der Waals surface area contributed by atoms with Gasteiger partial charge in [-0.3, -0.25) is 9.78 Å². The van der Waals surface area contributed by atoms with Crippen LogP contribution in [0.1, 0.15) is 27.3 Å². The maximum Gasteiger partial charge on any atom is 0.233 e. The van der Waals surface area contributed by atoms with E-state index in [2.05, 4.69) is 15.2 Å². The van der Waals surface area contributed by atoms with Crippen molar-refractivity contribution < 1.29 is 9.53 Å². The first-order chi connectivity index (χ1) is 11.8. The molecule has 0 aliphatic rings. The van der Waals surface area contributed by atoms with Crippen molar-refractivity contribution in [2.24, 2.45) is 0 Å². The largest absolute Gasteiger partial charge is 0.470 e. The van der Waals surface area contributed by atoms with Gasteiger partial charge in [-0.25, -0.2) is 0 Å². The quantitative estimate of drug-likeness (QED) is 0.626. The van der Waals surface area contributed by atoms with Gasteiger partial charge in [0.1, 0.15) is 12.9 Å². The maximum absolute atomic E-state index is 10.6. The summed E-state index contributed by atoms with van der Waals surface area (Å²) >= 11 is 0. The Morgan fingerprint density at radius 3 is 2.42 bits per heavy atom. The fourth-order valence-electron chi connectivity index (χ4n) is 2.22. The highest BCUT2D eigenvalue weighted by atomic mass is 16.5. The standard InChI is InChI=1S/C19H17N3O2/c23-13-16-6-4-15(5-7-16)8-9-17-10-11-19(22-21-17)24-14-18-3-1-2-12-20-18/h1-7,10-13H,8-9,14H2. The van der Waals surface area contributed by atoms with Crippen LogP contribution in [0, 0.1) is 0 Å². The fraction of sp³-hybridized carbons (Fsp3) is 0.158. The van der Waals surface area contributed by atoms with Crippen molar-refractivity contribution in [1.82, 2.24) is 15.2 Å². The molecule has 0 unspecified atom stereocenters. The van der Waals surface area contributed by atoms with E-state index in [0.29, 0.717) is 18.1 Å². The van der Waals surface area contributed by atoms with E-state index in [1.54, 1.807) is 6.20 Å². The lowest BCUT2D eigenvalue weighted by atomic mass is 10.1. The molecule has 2 aromatic heterocycles. The number of hydrogen-bond acceptors (Lipinski definition) is 5. The van der Waals surface area contributed by atoms with Gasteiger partial charge in [0, 0.05) is 17.8 Å². The van der Waals surface area contributed by atoms with Crippen LogP contribution in [-0.4, -0.2) is 21.5 Å². The molecule has 0 saturated carbocycles. The average Bonchev–Trinajstić information content (AvgIpc) is 2.67. The van der Waals surface area contributed by atoms with E-state index in [0.717, 1.165) is 36.1 Å². The summed E-state index contributed by atoms with van der Waals surface area (Å²) in [4.78, 5) is 14.8. The van der Waals surface area contributed by atoms with Crippen LogP contribution in [-0.2, 0) is 19.4 Å². The van der Waals surface area contributed by atoms with Gasteiger partial charge < -0.3 is 4.74 Å². The molecule has 0 bridgehead atoms. The third-order valence-electron chi connectivity index (χ3n) is 3.58. The predicted octanol–water partition coefficient (Wildman–Crippen LogP) is 3.05. The number of ether oxygens (including phenoxy) is 1. The summed E-state index contributed by atoms with van der Waals surface area (Å²) in [5.41, 5.74) is 3.60. The minimum absolute atomic E-state index is 0.373. The molecule has 0 aliphatic carbocycles. The number of benzene rings is 1. The zero-order chi connectivity index (χ0) is 16.6. The highest BCUT2D eigenvalue weighted by Crippen LogP contribution is 2.10. The van der Waals surface area contributed by atoms with E-state index in [9.17, 15) is 4.79 Å². The summed E-state index contributed by atoms with van der Waals surface area (Å²) in [6.45, 7) is 0.373. The smallest absolute Gasteiger partial charge is 0.233 e. The number of aromatic nitrogens is 3. The predicted molar refractivity (Wildman–Crippen MR) is 89.8 cm³/mol. The van der Waals surface area contributed by atoms with Gasteiger partial charge in [0.05, 0.1) is 11.4 Å². The van der Waals surface area contributed by atoms with E-state index in [4.69, 9.17) is 4.74 Å². The van der Waals surface area contributed by atoms with Crippen molar-refractivity contribution >= 4 is 6.29 Å². The number of hydrogen-bond donors (Lipinski definition) is 0. The van der Waals surface area contributed by atoms with Crippen molar-refractivity contribution in [2.45, 2.75) is 19.4 Å². The van der Waals surface area contributed by atoms with Crippen molar-refractivity contribution in [3.8, 4) is 5.88 Å². The van der Waals surface area contributed by atoms with E-state index in [1.165, 1.54) is 0 Å². The van der Waals surface area contributed by atoms with Crippen molar-refractivity contribution in [3.63, 3.8) is 0 Å². The molecule has 0 fully saturated rings. The molecule has 5 heteroatoms. The number of rotatable bonds is 7. The van der Waals surface area contributed by atoms with Gasteiger partial charge in [0.2, 0.25) is 5.88 Å². The minimum atomic E-state index is 0.373. The molecule has 24 heavy (non-hydrogen) atoms. The normalized spacial score (nSPS) is 10.3. The summed E-state index contributed by atoms with van der Waals surface area (Å²) < 4.78 is 5.57. The van der Waals surface area contributed by atoms with E-state index >= 15 is 0 Å². The molecule has 120 valence electrons. The molecule has 3 rings (SSSR count). The average molecular weight is 319 g/mol. The van der Waals surface area contributed by atoms with Crippen LogP contribution in [0.5, 0.6) is 5.88 Å². The van der Waals surface area contributed by atoms with Gasteiger partial charge in [-0.1, -0.05) is 30.3 Å². The van der Waals surface area contributed by atoms with Crippen LogP contribution in [0.25, 0.3) is 0 Å². The van der Waals surface area contributed by atoms with Crippen LogP contribution in [0.3, 0.4) is 0 Å². The second-order valence-corrected chi connectivity index (χ2v) is 5.33. The third-order valence-corrected chi connectivity index (χ3v) is 3.58. The summed E-state index contributed by atoms with van der Waals surface area (Å²) in [5.74, 6) is 0.486. The molecular formula is C19H17N3O2. The van der Waals surface area contributed by atoms with Gasteiger partial charge in [0.25, 0.3) is 0 Å². The molecule has 0 radical (unpaired) electrons. The van der Waals surface area contributed by atoms with Crippen LogP contribution in [0.15, 0.2) is 60.8 Å². The summed E-state index contributed by atoms with van der Waals surface area (Å²) in [7, 11) is 0. The Morgan fingerprint density at radius 2 is 1.75 bits per heavy atom. The highest BCUT2D eigenvalue weighted by molar-refractivity contribution is 5.74. The molecule has 0 aliphatic heterocycles. The zero-order valence-electron chi connectivity index (χ0n) is 13.1. The Balaban J connectivity index is 1.51. The highest BCUT2D eigenvalue weighted by Gasteiger charge is 2.02. The Hall–Kier alpha value is -3.08. The minimum Gasteiger partial charge on any atom is -0.470 e. The first kappa shape index (κ1) is 15.8. The molecule has 0 spiro atoms. The lowest BCUT2D eigenvalue weighted by Crippen LogP contribution is -2.02. The first-order valence-corrected chi connectivity index (χ1v) is 7.73. The molecule has 0 saturated heterocycles. The molecule has 0 N–H and O–H groups in total. The number of carbonyl (C=O) groups is 1. The van der Waals surface area contributed by atoms with Crippen molar-refractivity contribution in [1.29, 1.82) is 0 Å². The number of aryl methyl sites for hydroxylation is 2. The number of nitrogens with zero attached hydrogens (tertiary/aromatic N) is 3. The van der Waals surface area contributed by atoms with Gasteiger partial charge in [0.15, 0.2) is 0 Å². The Bertz CT molecular complexity index is 772. The summed E-state index contributed by atoms with van der Waals surface area (Å²) in [5, 5.41) is 8.28. The summed E-state index contributed by atoms with van der Waals surface area (Å²) in [6, 6.07) is 17.0. The SMILES string of the molecule is O=Cc1ccc(CCc2ccc(OCc3ccccn3)nn2)cc1. The van der Waals surface area contributed by atoms with E-state index in [1.807, 2.05) is 54.6 Å². The molecular weight excluding hydrogens is 302 g/mol. The van der Waals surface area contributed by atoms with Gasteiger partial charge in [-0.05, 0) is 36.6 Å². The lowest BCUT2D eigenvalue weighted by Gasteiger charge is -2.05.